The van der Waals surface area contributed by atoms with E-state index in [1.54, 1.807) is 31.2 Å². The highest BCUT2D eigenvalue weighted by atomic mass is 32.2. The van der Waals surface area contributed by atoms with E-state index in [9.17, 15) is 18.0 Å². The zero-order valence-corrected chi connectivity index (χ0v) is 16.7. The summed E-state index contributed by atoms with van der Waals surface area (Å²) in [6.07, 6.45) is 2.52. The average Bonchev–Trinajstić information content (AvgIpc) is 2.64. The number of hydrogen-bond donors (Lipinski definition) is 1. The fraction of sp³-hybridized carbons (Fsp3) is 0.250. The van der Waals surface area contributed by atoms with Crippen molar-refractivity contribution in [1.82, 2.24) is 14.9 Å². The standard InChI is InChI=1S/C20H21N3O4S/c1-13-5-4-6-17-19(13)21-12-23(20(17)25)11-18(24)22-14(2)15-7-9-16(10-8-15)28(3,26)27/h4-10,12,14H,11H2,1-3H3,(H,22,24). The number of para-hydroxylation sites is 1. The van der Waals surface area contributed by atoms with Gasteiger partial charge in [-0.05, 0) is 43.2 Å². The number of benzene rings is 2. The predicted octanol–water partition coefficient (Wildman–Crippen LogP) is 1.99. The minimum absolute atomic E-state index is 0.151. The van der Waals surface area contributed by atoms with Crippen LogP contribution >= 0.6 is 0 Å². The van der Waals surface area contributed by atoms with E-state index in [2.05, 4.69) is 10.3 Å². The third-order valence-corrected chi connectivity index (χ3v) is 5.68. The van der Waals surface area contributed by atoms with E-state index >= 15 is 0 Å². The van der Waals surface area contributed by atoms with Crippen molar-refractivity contribution in [2.24, 2.45) is 0 Å². The van der Waals surface area contributed by atoms with Crippen LogP contribution in [-0.2, 0) is 21.2 Å². The molecule has 0 spiro atoms. The second-order valence-corrected chi connectivity index (χ2v) is 8.79. The highest BCUT2D eigenvalue weighted by Gasteiger charge is 2.14. The highest BCUT2D eigenvalue weighted by Crippen LogP contribution is 2.16. The molecule has 1 unspecified atom stereocenters. The van der Waals surface area contributed by atoms with Crippen molar-refractivity contribution < 1.29 is 13.2 Å². The van der Waals surface area contributed by atoms with Gasteiger partial charge in [0.2, 0.25) is 5.91 Å². The number of nitrogens with zero attached hydrogens (tertiary/aromatic N) is 2. The number of sulfone groups is 1. The van der Waals surface area contributed by atoms with Gasteiger partial charge in [-0.1, -0.05) is 24.3 Å². The Hall–Kier alpha value is -3.00. The lowest BCUT2D eigenvalue weighted by Crippen LogP contribution is -2.34. The number of rotatable bonds is 5. The van der Waals surface area contributed by atoms with Crippen molar-refractivity contribution >= 4 is 26.6 Å². The van der Waals surface area contributed by atoms with Crippen molar-refractivity contribution in [2.45, 2.75) is 31.3 Å². The Labute approximate surface area is 163 Å². The first kappa shape index (κ1) is 19.8. The first-order chi connectivity index (χ1) is 13.2. The summed E-state index contributed by atoms with van der Waals surface area (Å²) in [6.45, 7) is 3.52. The lowest BCUT2D eigenvalue weighted by molar-refractivity contribution is -0.122. The molecule has 1 N–H and O–H groups in total. The fourth-order valence-corrected chi connectivity index (χ4v) is 3.61. The Kier molecular flexibility index (Phi) is 5.33. The maximum absolute atomic E-state index is 12.6. The molecule has 1 atom stereocenters. The van der Waals surface area contributed by atoms with Gasteiger partial charge in [0.05, 0.1) is 28.2 Å². The summed E-state index contributed by atoms with van der Waals surface area (Å²) in [5.41, 5.74) is 2.02. The Balaban J connectivity index is 1.74. The van der Waals surface area contributed by atoms with E-state index in [-0.39, 0.29) is 28.9 Å². The summed E-state index contributed by atoms with van der Waals surface area (Å²) in [6, 6.07) is 11.4. The van der Waals surface area contributed by atoms with Crippen LogP contribution in [0, 0.1) is 6.92 Å². The van der Waals surface area contributed by atoms with Crippen LogP contribution in [0.3, 0.4) is 0 Å². The third kappa shape index (κ3) is 4.12. The number of fused-ring (bicyclic) bond motifs is 1. The summed E-state index contributed by atoms with van der Waals surface area (Å²) in [7, 11) is -3.27. The molecule has 0 aliphatic carbocycles. The lowest BCUT2D eigenvalue weighted by Gasteiger charge is -2.15. The number of hydrogen-bond acceptors (Lipinski definition) is 5. The second kappa shape index (κ2) is 7.55. The zero-order valence-electron chi connectivity index (χ0n) is 15.8. The van der Waals surface area contributed by atoms with E-state index in [1.165, 1.54) is 23.0 Å². The van der Waals surface area contributed by atoms with Crippen LogP contribution in [0.5, 0.6) is 0 Å². The Morgan fingerprint density at radius 1 is 1.18 bits per heavy atom. The fourth-order valence-electron chi connectivity index (χ4n) is 2.98. The van der Waals surface area contributed by atoms with E-state index in [0.29, 0.717) is 10.9 Å². The number of aryl methyl sites for hydroxylation is 1. The van der Waals surface area contributed by atoms with E-state index in [0.717, 1.165) is 17.4 Å². The molecule has 0 aliphatic heterocycles. The molecule has 146 valence electrons. The second-order valence-electron chi connectivity index (χ2n) is 6.78. The van der Waals surface area contributed by atoms with Crippen LogP contribution < -0.4 is 10.9 Å². The summed E-state index contributed by atoms with van der Waals surface area (Å²) in [5, 5.41) is 3.29. The monoisotopic (exact) mass is 399 g/mol. The predicted molar refractivity (Wildman–Crippen MR) is 107 cm³/mol. The van der Waals surface area contributed by atoms with Crippen LogP contribution in [0.15, 0.2) is 58.5 Å². The van der Waals surface area contributed by atoms with Gasteiger partial charge in [0, 0.05) is 6.26 Å². The van der Waals surface area contributed by atoms with E-state index in [4.69, 9.17) is 0 Å². The molecule has 0 saturated carbocycles. The minimum atomic E-state index is -3.27. The van der Waals surface area contributed by atoms with Gasteiger partial charge in [0.25, 0.3) is 5.56 Å². The van der Waals surface area contributed by atoms with Crippen LogP contribution in [0.25, 0.3) is 10.9 Å². The van der Waals surface area contributed by atoms with Gasteiger partial charge in [-0.15, -0.1) is 0 Å². The normalized spacial score (nSPS) is 12.7. The van der Waals surface area contributed by atoms with Crippen molar-refractivity contribution in [2.75, 3.05) is 6.26 Å². The van der Waals surface area contributed by atoms with Crippen molar-refractivity contribution in [3.63, 3.8) is 0 Å². The number of aromatic nitrogens is 2. The number of nitrogens with one attached hydrogen (secondary N) is 1. The summed E-state index contributed by atoms with van der Waals surface area (Å²) >= 11 is 0. The molecule has 0 saturated heterocycles. The van der Waals surface area contributed by atoms with Gasteiger partial charge in [-0.2, -0.15) is 0 Å². The quantitative estimate of drug-likeness (QED) is 0.707. The van der Waals surface area contributed by atoms with Crippen LogP contribution in [0.4, 0.5) is 0 Å². The molecule has 3 rings (SSSR count). The molecule has 0 fully saturated rings. The maximum atomic E-state index is 12.6. The lowest BCUT2D eigenvalue weighted by atomic mass is 10.1. The number of carbonyl (C=O) groups excluding carboxylic acids is 1. The van der Waals surface area contributed by atoms with Gasteiger partial charge >= 0.3 is 0 Å². The minimum Gasteiger partial charge on any atom is -0.348 e. The van der Waals surface area contributed by atoms with E-state index < -0.39 is 9.84 Å². The van der Waals surface area contributed by atoms with Gasteiger partial charge in [-0.3, -0.25) is 14.2 Å². The molecule has 3 aromatic rings. The molecule has 0 aliphatic rings. The maximum Gasteiger partial charge on any atom is 0.261 e. The van der Waals surface area contributed by atoms with Crippen LogP contribution in [0.2, 0.25) is 0 Å². The topological polar surface area (TPSA) is 98.1 Å². The molecule has 1 heterocycles. The summed E-state index contributed by atoms with van der Waals surface area (Å²) < 4.78 is 24.3. The molecule has 8 heteroatoms. The SMILES string of the molecule is Cc1cccc2c(=O)n(CC(=O)NC(C)c3ccc(S(C)(=O)=O)cc3)cnc12. The average molecular weight is 399 g/mol. The Bertz CT molecular complexity index is 1200. The van der Waals surface area contributed by atoms with Crippen molar-refractivity contribution in [3.05, 3.63) is 70.3 Å². The Morgan fingerprint density at radius 2 is 1.86 bits per heavy atom. The van der Waals surface area contributed by atoms with Gasteiger partial charge in [-0.25, -0.2) is 13.4 Å². The van der Waals surface area contributed by atoms with E-state index in [1.807, 2.05) is 13.0 Å². The number of carbonyl (C=O) groups is 1. The smallest absolute Gasteiger partial charge is 0.261 e. The first-order valence-corrected chi connectivity index (χ1v) is 10.6. The van der Waals surface area contributed by atoms with Crippen molar-refractivity contribution in [3.8, 4) is 0 Å². The molecule has 2 aromatic carbocycles. The summed E-state index contributed by atoms with van der Waals surface area (Å²) in [4.78, 5) is 29.5. The molecule has 1 amide bonds. The first-order valence-electron chi connectivity index (χ1n) is 8.71. The third-order valence-electron chi connectivity index (χ3n) is 4.55. The number of amides is 1. The van der Waals surface area contributed by atoms with Crippen LogP contribution in [-0.4, -0.2) is 30.1 Å². The highest BCUT2D eigenvalue weighted by molar-refractivity contribution is 7.90. The largest absolute Gasteiger partial charge is 0.348 e. The molecule has 1 aromatic heterocycles. The van der Waals surface area contributed by atoms with Gasteiger partial charge in [0.1, 0.15) is 6.54 Å². The zero-order chi connectivity index (χ0) is 20.5. The Morgan fingerprint density at radius 3 is 2.50 bits per heavy atom. The summed E-state index contributed by atoms with van der Waals surface area (Å²) in [5.74, 6) is -0.337. The molecule has 7 nitrogen and oxygen atoms in total. The molecule has 0 radical (unpaired) electrons. The molecule has 28 heavy (non-hydrogen) atoms. The molecular weight excluding hydrogens is 378 g/mol. The molecule has 0 bridgehead atoms. The van der Waals surface area contributed by atoms with Gasteiger partial charge < -0.3 is 5.32 Å². The van der Waals surface area contributed by atoms with Gasteiger partial charge in [0.15, 0.2) is 9.84 Å². The molecular formula is C20H21N3O4S. The van der Waals surface area contributed by atoms with Crippen molar-refractivity contribution in [1.29, 1.82) is 0 Å². The van der Waals surface area contributed by atoms with Crippen LogP contribution in [0.1, 0.15) is 24.1 Å².